The number of Topliss-reactive ketones (excluding diaryl/α,β-unsaturated/α-hetero) is 1. The summed E-state index contributed by atoms with van der Waals surface area (Å²) in [6.07, 6.45) is 8.43. The van der Waals surface area contributed by atoms with Gasteiger partial charge in [0.1, 0.15) is 5.82 Å². The third-order valence-corrected chi connectivity index (χ3v) is 8.20. The topological polar surface area (TPSA) is 117 Å². The van der Waals surface area contributed by atoms with Crippen LogP contribution in [0.15, 0.2) is 30.5 Å². The number of anilines is 2. The number of rotatable bonds is 9. The summed E-state index contributed by atoms with van der Waals surface area (Å²) in [6.45, 7) is 5.92. The molecule has 3 fully saturated rings. The first-order valence-electron chi connectivity index (χ1n) is 13.6. The van der Waals surface area contributed by atoms with Crippen molar-refractivity contribution in [3.8, 4) is 0 Å². The number of nitrogens with one attached hydrogen (secondary N) is 2. The van der Waals surface area contributed by atoms with E-state index in [0.29, 0.717) is 34.5 Å². The third-order valence-electron chi connectivity index (χ3n) is 8.20. The Bertz CT molecular complexity index is 1190. The monoisotopic (exact) mass is 503 g/mol. The Morgan fingerprint density at radius 3 is 2.35 bits per heavy atom. The molecule has 0 radical (unpaired) electrons. The molecule has 1 aromatic heterocycles. The molecule has 37 heavy (non-hydrogen) atoms. The minimum atomic E-state index is -0.511. The number of aromatic nitrogens is 1. The van der Waals surface area contributed by atoms with Crippen LogP contribution in [0.3, 0.4) is 0 Å². The van der Waals surface area contributed by atoms with Gasteiger partial charge in [0.15, 0.2) is 5.78 Å². The lowest BCUT2D eigenvalue weighted by molar-refractivity contribution is 0.0923. The molecule has 1 aliphatic carbocycles. The molecule has 8 heteroatoms. The largest absolute Gasteiger partial charge is 0.382 e. The summed E-state index contributed by atoms with van der Waals surface area (Å²) in [5.74, 6) is 0.692. The summed E-state index contributed by atoms with van der Waals surface area (Å²) >= 11 is 0. The van der Waals surface area contributed by atoms with Crippen molar-refractivity contribution in [1.82, 2.24) is 10.3 Å². The summed E-state index contributed by atoms with van der Waals surface area (Å²) in [5, 5.41) is 6.58. The molecule has 2 aromatic rings. The normalized spacial score (nSPS) is 23.4. The van der Waals surface area contributed by atoms with E-state index < -0.39 is 5.91 Å². The van der Waals surface area contributed by atoms with Crippen LogP contribution in [0.4, 0.5) is 11.5 Å². The van der Waals surface area contributed by atoms with E-state index >= 15 is 0 Å². The molecule has 1 unspecified atom stereocenters. The highest BCUT2D eigenvalue weighted by Gasteiger charge is 2.42. The smallest absolute Gasteiger partial charge is 0.251 e. The molecular formula is C29H37N5O3. The first kappa shape index (κ1) is 25.2. The molecule has 2 aliphatic heterocycles. The number of nitrogens with zero attached hydrogens (tertiary/aromatic N) is 2. The Hall–Kier alpha value is -3.42. The minimum absolute atomic E-state index is 0.0677. The van der Waals surface area contributed by atoms with Crippen molar-refractivity contribution in [2.24, 2.45) is 11.7 Å². The number of primary amides is 1. The van der Waals surface area contributed by atoms with Crippen molar-refractivity contribution >= 4 is 29.1 Å². The Labute approximate surface area is 218 Å². The van der Waals surface area contributed by atoms with E-state index in [0.717, 1.165) is 56.3 Å². The predicted molar refractivity (Wildman–Crippen MR) is 144 cm³/mol. The summed E-state index contributed by atoms with van der Waals surface area (Å²) in [7, 11) is 0. The molecule has 1 saturated carbocycles. The van der Waals surface area contributed by atoms with Crippen LogP contribution >= 0.6 is 0 Å². The quantitative estimate of drug-likeness (QED) is 0.441. The lowest BCUT2D eigenvalue weighted by Gasteiger charge is -2.40. The molecule has 5 rings (SSSR count). The van der Waals surface area contributed by atoms with Crippen LogP contribution in [0.5, 0.6) is 0 Å². The van der Waals surface area contributed by atoms with Crippen molar-refractivity contribution in [1.29, 1.82) is 0 Å². The number of hydrogen-bond acceptors (Lipinski definition) is 6. The standard InChI is InChI=1S/C29H37N5O3/c1-4-17(3)32-25-14-23(16(2)11-24(25)28(30)36)29(37)33-20-12-21-8-9-22(13-20)34(21)26-10-7-19(15-31-26)27(35)18-5-6-18/h7,10-11,14-15,17-18,20-22,32H,4-6,8-9,12-13H2,1-3H3,(H2,30,36)(H,33,37)/t17-,20?,21-,22+/m1/s1. The molecule has 2 amide bonds. The molecule has 4 N–H and O–H groups in total. The number of ketones is 1. The Kier molecular flexibility index (Phi) is 6.92. The third kappa shape index (κ3) is 5.20. The van der Waals surface area contributed by atoms with Crippen molar-refractivity contribution < 1.29 is 14.4 Å². The number of nitrogens with two attached hydrogens (primary N) is 1. The molecule has 196 valence electrons. The minimum Gasteiger partial charge on any atom is -0.382 e. The number of pyridine rings is 1. The number of carbonyl (C=O) groups excluding carboxylic acids is 3. The Morgan fingerprint density at radius 1 is 1.08 bits per heavy atom. The first-order valence-corrected chi connectivity index (χ1v) is 13.6. The number of benzene rings is 1. The average Bonchev–Trinajstić information content (AvgIpc) is 3.69. The van der Waals surface area contributed by atoms with Gasteiger partial charge in [-0.1, -0.05) is 6.92 Å². The van der Waals surface area contributed by atoms with Crippen molar-refractivity contribution in [2.75, 3.05) is 10.2 Å². The molecule has 3 heterocycles. The van der Waals surface area contributed by atoms with E-state index in [4.69, 9.17) is 5.73 Å². The predicted octanol–water partition coefficient (Wildman–Crippen LogP) is 4.22. The van der Waals surface area contributed by atoms with E-state index in [1.165, 1.54) is 0 Å². The van der Waals surface area contributed by atoms with Crippen LogP contribution < -0.4 is 21.3 Å². The number of carbonyl (C=O) groups is 3. The molecule has 0 spiro atoms. The maximum atomic E-state index is 13.4. The van der Waals surface area contributed by atoms with Crippen molar-refractivity contribution in [3.63, 3.8) is 0 Å². The van der Waals surface area contributed by atoms with E-state index in [-0.39, 0.29) is 29.7 Å². The number of hydrogen-bond donors (Lipinski definition) is 3. The molecular weight excluding hydrogens is 466 g/mol. The average molecular weight is 504 g/mol. The van der Waals surface area contributed by atoms with E-state index in [1.807, 2.05) is 26.0 Å². The maximum absolute atomic E-state index is 13.4. The number of amides is 2. The van der Waals surface area contributed by atoms with E-state index in [9.17, 15) is 14.4 Å². The van der Waals surface area contributed by atoms with E-state index in [1.54, 1.807) is 18.3 Å². The molecule has 2 saturated heterocycles. The fraction of sp³-hybridized carbons (Fsp3) is 0.517. The van der Waals surface area contributed by atoms with Crippen LogP contribution in [0.25, 0.3) is 0 Å². The van der Waals surface area contributed by atoms with Gasteiger partial charge in [0.2, 0.25) is 0 Å². The van der Waals surface area contributed by atoms with Crippen LogP contribution in [0, 0.1) is 12.8 Å². The zero-order chi connectivity index (χ0) is 26.3. The first-order chi connectivity index (χ1) is 17.7. The second-order valence-corrected chi connectivity index (χ2v) is 11.0. The SMILES string of the molecule is CC[C@@H](C)Nc1cc(C(=O)NC2C[C@H]3CC[C@@H](C2)N3c2ccc(C(=O)C3CC3)cn2)c(C)cc1C(N)=O. The molecule has 2 bridgehead atoms. The van der Waals surface area contributed by atoms with Crippen LogP contribution in [0.1, 0.15) is 95.4 Å². The van der Waals surface area contributed by atoms with Crippen molar-refractivity contribution in [3.05, 3.63) is 52.7 Å². The van der Waals surface area contributed by atoms with Gasteiger partial charge in [0.25, 0.3) is 11.8 Å². The lowest BCUT2D eigenvalue weighted by atomic mass is 9.95. The van der Waals surface area contributed by atoms with E-state index in [2.05, 4.69) is 27.4 Å². The van der Waals surface area contributed by atoms with Gasteiger partial charge in [-0.15, -0.1) is 0 Å². The van der Waals surface area contributed by atoms with Gasteiger partial charge in [-0.2, -0.15) is 0 Å². The molecule has 8 nitrogen and oxygen atoms in total. The van der Waals surface area contributed by atoms with Gasteiger partial charge in [-0.3, -0.25) is 14.4 Å². The zero-order valence-corrected chi connectivity index (χ0v) is 21.9. The van der Waals surface area contributed by atoms with Gasteiger partial charge in [0.05, 0.1) is 5.56 Å². The highest BCUT2D eigenvalue weighted by molar-refractivity contribution is 6.03. The highest BCUT2D eigenvalue weighted by Crippen LogP contribution is 2.39. The maximum Gasteiger partial charge on any atom is 0.251 e. The summed E-state index contributed by atoms with van der Waals surface area (Å²) in [4.78, 5) is 44.7. The van der Waals surface area contributed by atoms with Crippen molar-refractivity contribution in [2.45, 2.75) is 89.9 Å². The summed E-state index contributed by atoms with van der Waals surface area (Å²) in [5.41, 5.74) is 8.60. The summed E-state index contributed by atoms with van der Waals surface area (Å²) < 4.78 is 0. The van der Waals surface area contributed by atoms with Gasteiger partial charge in [0, 0.05) is 53.1 Å². The number of aryl methyl sites for hydroxylation is 1. The lowest BCUT2D eigenvalue weighted by Crippen LogP contribution is -2.50. The van der Waals surface area contributed by atoms with Gasteiger partial charge in [-0.05, 0) is 88.6 Å². The van der Waals surface area contributed by atoms with Gasteiger partial charge >= 0.3 is 0 Å². The fourth-order valence-electron chi connectivity index (χ4n) is 5.84. The number of piperidine rings is 1. The van der Waals surface area contributed by atoms with Crippen LogP contribution in [-0.4, -0.2) is 46.7 Å². The summed E-state index contributed by atoms with van der Waals surface area (Å²) in [6, 6.07) is 8.19. The Morgan fingerprint density at radius 2 is 1.78 bits per heavy atom. The second-order valence-electron chi connectivity index (χ2n) is 11.0. The van der Waals surface area contributed by atoms with Crippen LogP contribution in [-0.2, 0) is 0 Å². The number of fused-ring (bicyclic) bond motifs is 2. The molecule has 4 atom stereocenters. The van der Waals surface area contributed by atoms with Crippen LogP contribution in [0.2, 0.25) is 0 Å². The second kappa shape index (κ2) is 10.1. The molecule has 3 aliphatic rings. The molecule has 1 aromatic carbocycles. The van der Waals surface area contributed by atoms with Gasteiger partial charge < -0.3 is 21.3 Å². The van der Waals surface area contributed by atoms with Gasteiger partial charge in [-0.25, -0.2) is 4.98 Å². The fourth-order valence-corrected chi connectivity index (χ4v) is 5.84. The zero-order valence-electron chi connectivity index (χ0n) is 21.9. The highest BCUT2D eigenvalue weighted by atomic mass is 16.2. The Balaban J connectivity index is 1.27.